The molecule has 3 N–H and O–H groups in total. The Morgan fingerprint density at radius 2 is 2.14 bits per heavy atom. The number of sulfonamides is 1. The average Bonchev–Trinajstić information content (AvgIpc) is 2.99. The van der Waals surface area contributed by atoms with Crippen molar-refractivity contribution in [3.63, 3.8) is 0 Å². The normalized spacial score (nSPS) is 13.3. The first-order valence-electron chi connectivity index (χ1n) is 6.52. The second kappa shape index (κ2) is 6.65. The molecule has 7 heteroatoms. The molecule has 0 radical (unpaired) electrons. The van der Waals surface area contributed by atoms with E-state index in [1.165, 1.54) is 23.5 Å². The molecule has 114 valence electrons. The van der Waals surface area contributed by atoms with Gasteiger partial charge in [0.05, 0.1) is 10.9 Å². The quantitative estimate of drug-likeness (QED) is 0.856. The van der Waals surface area contributed by atoms with Gasteiger partial charge in [0.15, 0.2) is 0 Å². The summed E-state index contributed by atoms with van der Waals surface area (Å²) in [5.41, 5.74) is 5.60. The highest BCUT2D eigenvalue weighted by Crippen LogP contribution is 2.24. The van der Waals surface area contributed by atoms with Crippen LogP contribution in [0.4, 0.5) is 4.39 Å². The Morgan fingerprint density at radius 3 is 2.71 bits per heavy atom. The third-order valence-electron chi connectivity index (χ3n) is 3.14. The molecule has 4 nitrogen and oxygen atoms in total. The van der Waals surface area contributed by atoms with Gasteiger partial charge in [-0.1, -0.05) is 13.0 Å². The highest BCUT2D eigenvalue weighted by molar-refractivity contribution is 7.89. The van der Waals surface area contributed by atoms with E-state index in [0.717, 1.165) is 10.9 Å². The maximum absolute atomic E-state index is 13.4. The molecule has 0 saturated carbocycles. The molecule has 1 heterocycles. The molecule has 2 rings (SSSR count). The van der Waals surface area contributed by atoms with E-state index in [4.69, 9.17) is 5.73 Å². The molecular formula is C14H17FN2O2S2. The lowest BCUT2D eigenvalue weighted by atomic mass is 10.2. The maximum Gasteiger partial charge on any atom is 0.241 e. The molecule has 1 aromatic carbocycles. The van der Waals surface area contributed by atoms with Crippen LogP contribution in [0.25, 0.3) is 0 Å². The van der Waals surface area contributed by atoms with Crippen molar-refractivity contribution in [2.45, 2.75) is 30.8 Å². The van der Waals surface area contributed by atoms with Crippen molar-refractivity contribution in [3.8, 4) is 0 Å². The summed E-state index contributed by atoms with van der Waals surface area (Å²) in [4.78, 5) is 0.974. The molecule has 21 heavy (non-hydrogen) atoms. The second-order valence-corrected chi connectivity index (χ2v) is 7.25. The van der Waals surface area contributed by atoms with E-state index < -0.39 is 15.8 Å². The molecule has 2 aromatic rings. The SMILES string of the molecule is CCC(NS(=O)(=O)c1ccc(F)c(CN)c1)c1cccs1. The van der Waals surface area contributed by atoms with Gasteiger partial charge in [-0.2, -0.15) is 0 Å². The minimum Gasteiger partial charge on any atom is -0.326 e. The predicted molar refractivity (Wildman–Crippen MR) is 82.0 cm³/mol. The number of rotatable bonds is 6. The molecule has 0 fully saturated rings. The summed E-state index contributed by atoms with van der Waals surface area (Å²) >= 11 is 1.49. The predicted octanol–water partition coefficient (Wildman–Crippen LogP) is 2.78. The highest BCUT2D eigenvalue weighted by atomic mass is 32.2. The van der Waals surface area contributed by atoms with E-state index in [1.807, 2.05) is 24.4 Å². The fourth-order valence-corrected chi connectivity index (χ4v) is 4.25. The zero-order valence-electron chi connectivity index (χ0n) is 11.5. The fraction of sp³-hybridized carbons (Fsp3) is 0.286. The van der Waals surface area contributed by atoms with E-state index in [2.05, 4.69) is 4.72 Å². The van der Waals surface area contributed by atoms with Crippen molar-refractivity contribution in [1.29, 1.82) is 0 Å². The van der Waals surface area contributed by atoms with Crippen LogP contribution < -0.4 is 10.5 Å². The molecule has 0 amide bonds. The van der Waals surface area contributed by atoms with E-state index in [1.54, 1.807) is 0 Å². The molecule has 0 bridgehead atoms. The number of nitrogens with two attached hydrogens (primary N) is 1. The molecule has 1 atom stereocenters. The van der Waals surface area contributed by atoms with Crippen LogP contribution in [0.3, 0.4) is 0 Å². The van der Waals surface area contributed by atoms with E-state index in [-0.39, 0.29) is 23.0 Å². The van der Waals surface area contributed by atoms with Gasteiger partial charge in [0, 0.05) is 17.0 Å². The molecule has 0 aliphatic carbocycles. The summed E-state index contributed by atoms with van der Waals surface area (Å²) < 4.78 is 40.9. The van der Waals surface area contributed by atoms with Crippen LogP contribution in [0.15, 0.2) is 40.6 Å². The zero-order chi connectivity index (χ0) is 15.5. The van der Waals surface area contributed by atoms with Crippen LogP contribution in [-0.4, -0.2) is 8.42 Å². The van der Waals surface area contributed by atoms with Crippen LogP contribution in [-0.2, 0) is 16.6 Å². The summed E-state index contributed by atoms with van der Waals surface area (Å²) in [7, 11) is -3.71. The zero-order valence-corrected chi connectivity index (χ0v) is 13.2. The van der Waals surface area contributed by atoms with Crippen LogP contribution in [0.2, 0.25) is 0 Å². The van der Waals surface area contributed by atoms with Crippen molar-refractivity contribution in [1.82, 2.24) is 4.72 Å². The number of hydrogen-bond acceptors (Lipinski definition) is 4. The van der Waals surface area contributed by atoms with Crippen LogP contribution in [0, 0.1) is 5.82 Å². The van der Waals surface area contributed by atoms with Gasteiger partial charge in [-0.15, -0.1) is 11.3 Å². The lowest BCUT2D eigenvalue weighted by Gasteiger charge is -2.16. The van der Waals surface area contributed by atoms with Crippen molar-refractivity contribution in [2.75, 3.05) is 0 Å². The van der Waals surface area contributed by atoms with Gasteiger partial charge in [0.25, 0.3) is 0 Å². The Bertz CT molecular complexity index is 700. The summed E-state index contributed by atoms with van der Waals surface area (Å²) in [6, 6.07) is 7.12. The van der Waals surface area contributed by atoms with Gasteiger partial charge >= 0.3 is 0 Å². The second-order valence-electron chi connectivity index (χ2n) is 4.55. The molecule has 0 saturated heterocycles. The van der Waals surface area contributed by atoms with E-state index >= 15 is 0 Å². The number of thiophene rings is 1. The lowest BCUT2D eigenvalue weighted by molar-refractivity contribution is 0.552. The number of halogens is 1. The van der Waals surface area contributed by atoms with Crippen LogP contribution in [0.1, 0.15) is 29.8 Å². The van der Waals surface area contributed by atoms with Gasteiger partial charge in [0.1, 0.15) is 5.82 Å². The topological polar surface area (TPSA) is 72.2 Å². The van der Waals surface area contributed by atoms with Crippen LogP contribution >= 0.6 is 11.3 Å². The third-order valence-corrected chi connectivity index (χ3v) is 5.60. The van der Waals surface area contributed by atoms with E-state index in [9.17, 15) is 12.8 Å². The fourth-order valence-electron chi connectivity index (χ4n) is 1.96. The molecule has 1 aromatic heterocycles. The summed E-state index contributed by atoms with van der Waals surface area (Å²) in [6.07, 6.45) is 0.630. The molecular weight excluding hydrogens is 311 g/mol. The molecule has 0 aliphatic heterocycles. The standard InChI is InChI=1S/C14H17FN2O2S2/c1-2-13(14-4-3-7-20-14)17-21(18,19)11-5-6-12(15)10(8-11)9-16/h3-8,13,17H,2,9,16H2,1H3. The first-order valence-corrected chi connectivity index (χ1v) is 8.88. The van der Waals surface area contributed by atoms with Crippen molar-refractivity contribution in [2.24, 2.45) is 5.73 Å². The largest absolute Gasteiger partial charge is 0.326 e. The minimum absolute atomic E-state index is 0.0272. The maximum atomic E-state index is 13.4. The summed E-state index contributed by atoms with van der Waals surface area (Å²) in [5.74, 6) is -0.498. The van der Waals surface area contributed by atoms with Crippen molar-refractivity contribution in [3.05, 3.63) is 52.0 Å². The number of benzene rings is 1. The number of hydrogen-bond donors (Lipinski definition) is 2. The smallest absolute Gasteiger partial charge is 0.241 e. The lowest BCUT2D eigenvalue weighted by Crippen LogP contribution is -2.28. The van der Waals surface area contributed by atoms with E-state index in [0.29, 0.717) is 6.42 Å². The molecule has 0 spiro atoms. The Hall–Kier alpha value is -1.28. The summed E-state index contributed by atoms with van der Waals surface area (Å²) in [5, 5.41) is 1.90. The first-order chi connectivity index (χ1) is 9.97. The Morgan fingerprint density at radius 1 is 1.38 bits per heavy atom. The Labute approximate surface area is 127 Å². The third kappa shape index (κ3) is 3.68. The number of nitrogens with one attached hydrogen (secondary N) is 1. The van der Waals surface area contributed by atoms with Gasteiger partial charge in [-0.25, -0.2) is 17.5 Å². The van der Waals surface area contributed by atoms with Gasteiger partial charge in [-0.3, -0.25) is 0 Å². The van der Waals surface area contributed by atoms with Gasteiger partial charge in [0.2, 0.25) is 10.0 Å². The Balaban J connectivity index is 2.29. The minimum atomic E-state index is -3.71. The monoisotopic (exact) mass is 328 g/mol. The van der Waals surface area contributed by atoms with Gasteiger partial charge in [-0.05, 0) is 36.1 Å². The average molecular weight is 328 g/mol. The Kier molecular flexibility index (Phi) is 5.10. The van der Waals surface area contributed by atoms with Gasteiger partial charge < -0.3 is 5.73 Å². The van der Waals surface area contributed by atoms with Crippen molar-refractivity contribution >= 4 is 21.4 Å². The highest BCUT2D eigenvalue weighted by Gasteiger charge is 2.21. The van der Waals surface area contributed by atoms with Crippen LogP contribution in [0.5, 0.6) is 0 Å². The molecule has 1 unspecified atom stereocenters. The van der Waals surface area contributed by atoms with Crippen molar-refractivity contribution < 1.29 is 12.8 Å². The first kappa shape index (κ1) is 16.1. The molecule has 0 aliphatic rings. The summed E-state index contributed by atoms with van der Waals surface area (Å²) in [6.45, 7) is 1.86.